The minimum absolute atomic E-state index is 0.102. The van der Waals surface area contributed by atoms with Gasteiger partial charge in [0.25, 0.3) is 15.7 Å². The number of nitrogens with one attached hydrogen (secondary N) is 2. The summed E-state index contributed by atoms with van der Waals surface area (Å²) < 4.78 is 61.6. The van der Waals surface area contributed by atoms with Crippen LogP contribution in [-0.4, -0.2) is 26.2 Å². The van der Waals surface area contributed by atoms with Crippen LogP contribution in [0.1, 0.15) is 12.5 Å². The maximum atomic E-state index is 14.0. The van der Waals surface area contributed by atoms with Crippen LogP contribution in [0.15, 0.2) is 70.7 Å². The second kappa shape index (κ2) is 9.61. The first-order valence-corrected chi connectivity index (χ1v) is 10.8. The molecule has 0 fully saturated rings. The lowest BCUT2D eigenvalue weighted by atomic mass is 10.1. The van der Waals surface area contributed by atoms with Gasteiger partial charge in [-0.25, -0.2) is 17.2 Å². The Bertz CT molecular complexity index is 1330. The number of halogens is 2. The predicted octanol–water partition coefficient (Wildman–Crippen LogP) is 4.52. The van der Waals surface area contributed by atoms with Crippen LogP contribution in [0.4, 0.5) is 25.8 Å². The molecule has 0 amide bonds. The number of ether oxygens (including phenoxy) is 1. The van der Waals surface area contributed by atoms with Gasteiger partial charge in [-0.2, -0.15) is 5.10 Å². The molecule has 33 heavy (non-hydrogen) atoms. The van der Waals surface area contributed by atoms with Crippen LogP contribution in [0.5, 0.6) is 5.75 Å². The first-order chi connectivity index (χ1) is 15.6. The zero-order chi connectivity index (χ0) is 24.2. The van der Waals surface area contributed by atoms with Crippen molar-refractivity contribution in [1.82, 2.24) is 0 Å². The number of methoxy groups -OCH3 is 1. The normalized spacial score (nSPS) is 11.7. The van der Waals surface area contributed by atoms with E-state index in [4.69, 9.17) is 4.74 Å². The second-order valence-electron chi connectivity index (χ2n) is 6.65. The lowest BCUT2D eigenvalue weighted by Gasteiger charge is -2.14. The summed E-state index contributed by atoms with van der Waals surface area (Å²) >= 11 is 0. The van der Waals surface area contributed by atoms with E-state index in [1.54, 1.807) is 12.1 Å². The molecule has 0 saturated heterocycles. The molecule has 0 aromatic heterocycles. The maximum absolute atomic E-state index is 14.0. The molecule has 0 atom stereocenters. The Morgan fingerprint density at radius 3 is 2.33 bits per heavy atom. The van der Waals surface area contributed by atoms with Gasteiger partial charge in [0, 0.05) is 12.1 Å². The lowest BCUT2D eigenvalue weighted by Crippen LogP contribution is -2.16. The van der Waals surface area contributed by atoms with Crippen LogP contribution in [0.2, 0.25) is 0 Å². The molecular weight excluding hydrogens is 458 g/mol. The number of benzene rings is 3. The summed E-state index contributed by atoms with van der Waals surface area (Å²) in [6, 6.07) is 12.5. The monoisotopic (exact) mass is 476 g/mol. The van der Waals surface area contributed by atoms with E-state index in [-0.39, 0.29) is 22.8 Å². The largest absolute Gasteiger partial charge is 0.495 e. The van der Waals surface area contributed by atoms with Crippen LogP contribution in [0.3, 0.4) is 0 Å². The molecule has 0 saturated carbocycles. The first-order valence-electron chi connectivity index (χ1n) is 9.33. The summed E-state index contributed by atoms with van der Waals surface area (Å²) in [6.07, 6.45) is 0. The standard InChI is InChI=1S/C21H18F2N4O5S/c1-13(21-15(22)6-5-7-16(21)23)24-25-18-11-10-14(27(28)29)12-20(18)33(30,31)26-17-8-3-4-9-19(17)32-2/h3-12,25-26H,1-2H3/b24-13+. The number of para-hydroxylation sites is 2. The second-order valence-corrected chi connectivity index (χ2v) is 8.30. The van der Waals surface area contributed by atoms with E-state index in [9.17, 15) is 27.3 Å². The van der Waals surface area contributed by atoms with Gasteiger partial charge >= 0.3 is 0 Å². The third kappa shape index (κ3) is 5.23. The third-order valence-corrected chi connectivity index (χ3v) is 5.89. The number of sulfonamides is 1. The van der Waals surface area contributed by atoms with E-state index in [2.05, 4.69) is 15.2 Å². The molecule has 0 radical (unpaired) electrons. The molecule has 3 rings (SSSR count). The Hall–Kier alpha value is -4.06. The van der Waals surface area contributed by atoms with E-state index >= 15 is 0 Å². The highest BCUT2D eigenvalue weighted by molar-refractivity contribution is 7.93. The Balaban J connectivity index is 2.04. The molecule has 0 aliphatic rings. The predicted molar refractivity (Wildman–Crippen MR) is 119 cm³/mol. The zero-order valence-corrected chi connectivity index (χ0v) is 18.2. The summed E-state index contributed by atoms with van der Waals surface area (Å²) in [4.78, 5) is 9.95. The zero-order valence-electron chi connectivity index (χ0n) is 17.4. The molecule has 0 heterocycles. The molecule has 0 aliphatic heterocycles. The van der Waals surface area contributed by atoms with Crippen LogP contribution < -0.4 is 14.9 Å². The molecule has 2 N–H and O–H groups in total. The number of hydrazone groups is 1. The van der Waals surface area contributed by atoms with Crippen molar-refractivity contribution in [3.05, 3.63) is 88.0 Å². The number of hydrogen-bond acceptors (Lipinski definition) is 7. The third-order valence-electron chi connectivity index (χ3n) is 4.49. The van der Waals surface area contributed by atoms with Crippen LogP contribution in [0, 0.1) is 21.7 Å². The summed E-state index contributed by atoms with van der Waals surface area (Å²) in [7, 11) is -3.02. The topological polar surface area (TPSA) is 123 Å². The number of nitrogens with zero attached hydrogens (tertiary/aromatic N) is 2. The highest BCUT2D eigenvalue weighted by Gasteiger charge is 2.24. The van der Waals surface area contributed by atoms with Gasteiger partial charge < -0.3 is 4.74 Å². The smallest absolute Gasteiger partial charge is 0.270 e. The molecule has 9 nitrogen and oxygen atoms in total. The Morgan fingerprint density at radius 2 is 1.70 bits per heavy atom. The van der Waals surface area contributed by atoms with Crippen molar-refractivity contribution >= 4 is 32.8 Å². The highest BCUT2D eigenvalue weighted by atomic mass is 32.2. The van der Waals surface area contributed by atoms with Gasteiger partial charge in [0.15, 0.2) is 0 Å². The van der Waals surface area contributed by atoms with Gasteiger partial charge in [-0.1, -0.05) is 18.2 Å². The highest BCUT2D eigenvalue weighted by Crippen LogP contribution is 2.31. The summed E-state index contributed by atoms with van der Waals surface area (Å²) in [5.74, 6) is -1.48. The molecule has 0 bridgehead atoms. The average molecular weight is 476 g/mol. The van der Waals surface area contributed by atoms with Crippen molar-refractivity contribution < 1.29 is 26.9 Å². The molecule has 172 valence electrons. The van der Waals surface area contributed by atoms with Gasteiger partial charge in [-0.05, 0) is 37.3 Å². The molecule has 3 aromatic rings. The van der Waals surface area contributed by atoms with Crippen LogP contribution in [-0.2, 0) is 10.0 Å². The van der Waals surface area contributed by atoms with E-state index in [0.717, 1.165) is 30.3 Å². The number of anilines is 2. The van der Waals surface area contributed by atoms with Crippen molar-refractivity contribution in [3.8, 4) is 5.75 Å². The Kier molecular flexibility index (Phi) is 6.87. The van der Waals surface area contributed by atoms with E-state index in [1.807, 2.05) is 0 Å². The fourth-order valence-corrected chi connectivity index (χ4v) is 4.16. The van der Waals surface area contributed by atoms with E-state index < -0.39 is 42.7 Å². The van der Waals surface area contributed by atoms with Crippen molar-refractivity contribution in [2.45, 2.75) is 11.8 Å². The minimum atomic E-state index is -4.38. The van der Waals surface area contributed by atoms with Gasteiger partial charge in [0.2, 0.25) is 0 Å². The molecule has 0 aliphatic carbocycles. The quantitative estimate of drug-likeness (QED) is 0.280. The Labute approximate surface area is 187 Å². The fraction of sp³-hybridized carbons (Fsp3) is 0.0952. The van der Waals surface area contributed by atoms with Crippen molar-refractivity contribution in [2.75, 3.05) is 17.3 Å². The minimum Gasteiger partial charge on any atom is -0.495 e. The SMILES string of the molecule is COc1ccccc1NS(=O)(=O)c1cc([N+](=O)[O-])ccc1N/N=C(\C)c1c(F)cccc1F. The van der Waals surface area contributed by atoms with Gasteiger partial charge in [-0.3, -0.25) is 20.3 Å². The molecule has 12 heteroatoms. The summed E-state index contributed by atoms with van der Waals surface area (Å²) in [5.41, 5.74) is 1.39. The molecule has 0 unspecified atom stereocenters. The molecular formula is C21H18F2N4O5S. The number of rotatable bonds is 8. The average Bonchev–Trinajstić information content (AvgIpc) is 2.77. The van der Waals surface area contributed by atoms with E-state index in [1.165, 1.54) is 32.2 Å². The van der Waals surface area contributed by atoms with Crippen LogP contribution in [0.25, 0.3) is 0 Å². The number of nitro benzene ring substituents is 1. The van der Waals surface area contributed by atoms with Crippen molar-refractivity contribution in [3.63, 3.8) is 0 Å². The molecule has 3 aromatic carbocycles. The summed E-state index contributed by atoms with van der Waals surface area (Å²) in [6.45, 7) is 1.32. The number of non-ortho nitro benzene ring substituents is 1. The lowest BCUT2D eigenvalue weighted by molar-refractivity contribution is -0.385. The number of hydrogen-bond donors (Lipinski definition) is 2. The van der Waals surface area contributed by atoms with Gasteiger partial charge in [0.05, 0.1) is 34.7 Å². The van der Waals surface area contributed by atoms with E-state index in [0.29, 0.717) is 0 Å². The fourth-order valence-electron chi connectivity index (χ4n) is 2.91. The maximum Gasteiger partial charge on any atom is 0.270 e. The Morgan fingerprint density at radius 1 is 1.03 bits per heavy atom. The van der Waals surface area contributed by atoms with Gasteiger partial charge in [-0.15, -0.1) is 0 Å². The van der Waals surface area contributed by atoms with Gasteiger partial charge in [0.1, 0.15) is 22.3 Å². The van der Waals surface area contributed by atoms with Crippen LogP contribution >= 0.6 is 0 Å². The summed E-state index contributed by atoms with van der Waals surface area (Å²) in [5, 5.41) is 15.1. The van der Waals surface area contributed by atoms with Crippen molar-refractivity contribution in [1.29, 1.82) is 0 Å². The molecule has 0 spiro atoms. The van der Waals surface area contributed by atoms with Crippen molar-refractivity contribution in [2.24, 2.45) is 5.10 Å². The number of nitro groups is 1. The first kappa shape index (κ1) is 23.6.